The van der Waals surface area contributed by atoms with Crippen molar-refractivity contribution in [3.8, 4) is 22.6 Å². The second kappa shape index (κ2) is 15.0. The molecule has 2 amide bonds. The number of ether oxygens (including phenoxy) is 2. The van der Waals surface area contributed by atoms with E-state index in [1.165, 1.54) is 24.6 Å². The highest BCUT2D eigenvalue weighted by Crippen LogP contribution is 2.29. The molecule has 0 bridgehead atoms. The van der Waals surface area contributed by atoms with E-state index in [1.807, 2.05) is 6.07 Å². The first kappa shape index (κ1) is 33.3. The van der Waals surface area contributed by atoms with Crippen molar-refractivity contribution in [3.05, 3.63) is 114 Å². The highest BCUT2D eigenvalue weighted by atomic mass is 32.2. The van der Waals surface area contributed by atoms with E-state index in [0.717, 1.165) is 43.4 Å². The van der Waals surface area contributed by atoms with E-state index >= 15 is 0 Å². The molecule has 1 saturated carbocycles. The Morgan fingerprint density at radius 3 is 2.21 bits per heavy atom. The van der Waals surface area contributed by atoms with Gasteiger partial charge in [-0.05, 0) is 78.4 Å². The van der Waals surface area contributed by atoms with Crippen LogP contribution in [0, 0.1) is 11.7 Å². The molecule has 0 saturated heterocycles. The maximum absolute atomic E-state index is 13.6. The second-order valence-corrected chi connectivity index (χ2v) is 12.9. The number of aliphatic imine (C=N–C) groups is 1. The van der Waals surface area contributed by atoms with Crippen LogP contribution in [0.25, 0.3) is 11.1 Å². The molecule has 5 rings (SSSR count). The molecule has 10 nitrogen and oxygen atoms in total. The second-order valence-electron chi connectivity index (χ2n) is 11.3. The summed E-state index contributed by atoms with van der Waals surface area (Å²) >= 11 is 0. The molecule has 0 aromatic heterocycles. The molecule has 0 spiro atoms. The van der Waals surface area contributed by atoms with Crippen molar-refractivity contribution < 1.29 is 31.9 Å². The van der Waals surface area contributed by atoms with Gasteiger partial charge in [-0.15, -0.1) is 0 Å². The minimum Gasteiger partial charge on any atom is -0.410 e. The number of nitrogens with zero attached hydrogens (tertiary/aromatic N) is 2. The molecular weight excluding hydrogens is 623 g/mol. The predicted molar refractivity (Wildman–Crippen MR) is 176 cm³/mol. The van der Waals surface area contributed by atoms with Gasteiger partial charge in [-0.1, -0.05) is 67.8 Å². The van der Waals surface area contributed by atoms with Gasteiger partial charge in [-0.3, -0.25) is 0 Å². The molecule has 12 heteroatoms. The first-order valence-corrected chi connectivity index (χ1v) is 16.7. The number of rotatable bonds is 9. The van der Waals surface area contributed by atoms with E-state index in [0.29, 0.717) is 34.9 Å². The molecule has 244 valence electrons. The van der Waals surface area contributed by atoms with Crippen LogP contribution in [-0.4, -0.2) is 37.9 Å². The van der Waals surface area contributed by atoms with Crippen molar-refractivity contribution >= 4 is 28.0 Å². The van der Waals surface area contributed by atoms with Crippen LogP contribution >= 0.6 is 0 Å². The Bertz CT molecular complexity index is 1860. The molecule has 0 heterocycles. The van der Waals surface area contributed by atoms with Gasteiger partial charge in [0.25, 0.3) is 0 Å². The number of carbonyl (C=O) groups excluding carboxylic acids is 2. The lowest BCUT2D eigenvalue weighted by Gasteiger charge is -2.29. The van der Waals surface area contributed by atoms with E-state index in [-0.39, 0.29) is 23.0 Å². The first-order chi connectivity index (χ1) is 22.5. The molecule has 0 atom stereocenters. The van der Waals surface area contributed by atoms with Gasteiger partial charge < -0.3 is 20.1 Å². The number of benzene rings is 4. The molecule has 1 aliphatic carbocycles. The number of amides is 2. The zero-order chi connectivity index (χ0) is 33.4. The summed E-state index contributed by atoms with van der Waals surface area (Å²) in [5.41, 5.74) is 8.37. The first-order valence-electron chi connectivity index (χ1n) is 15.1. The molecule has 4 N–H and O–H groups in total. The number of amidine groups is 1. The minimum atomic E-state index is -3.94. The summed E-state index contributed by atoms with van der Waals surface area (Å²) in [6.07, 6.45) is 3.91. The van der Waals surface area contributed by atoms with Gasteiger partial charge in [-0.2, -0.15) is 4.99 Å². The maximum Gasteiger partial charge on any atom is 0.441 e. The standard InChI is InChI=1S/C35H35FN4O6S/c36-28-15-19-29(20-16-28)45-34(41)39-33(37)27-10-6-9-25(21-27)23-40(22-24-7-2-1-3-8-24)35(42)46-30-17-13-26(14-18-30)31-11-4-5-12-32(31)47(38,43)44/h4-6,9-21,24H,1-3,7-8,22-23H2,(H2,37,39,41)(H2,38,43,44). The highest BCUT2D eigenvalue weighted by Gasteiger charge is 2.23. The Morgan fingerprint density at radius 1 is 0.851 bits per heavy atom. The van der Waals surface area contributed by atoms with Crippen LogP contribution in [0.4, 0.5) is 14.0 Å². The molecule has 4 aromatic carbocycles. The average molecular weight is 659 g/mol. The van der Waals surface area contributed by atoms with E-state index < -0.39 is 28.0 Å². The van der Waals surface area contributed by atoms with Crippen LogP contribution in [-0.2, 0) is 16.6 Å². The van der Waals surface area contributed by atoms with Crippen molar-refractivity contribution in [2.75, 3.05) is 6.54 Å². The maximum atomic E-state index is 13.6. The molecule has 47 heavy (non-hydrogen) atoms. The lowest BCUT2D eigenvalue weighted by atomic mass is 9.89. The third-order valence-corrected chi connectivity index (χ3v) is 8.82. The van der Waals surface area contributed by atoms with Gasteiger partial charge in [0, 0.05) is 24.2 Å². The molecular formula is C35H35FN4O6S. The smallest absolute Gasteiger partial charge is 0.410 e. The Balaban J connectivity index is 1.31. The predicted octanol–water partition coefficient (Wildman–Crippen LogP) is 6.63. The largest absolute Gasteiger partial charge is 0.441 e. The fourth-order valence-corrected chi connectivity index (χ4v) is 6.31. The number of primary sulfonamides is 1. The molecule has 4 aromatic rings. The molecule has 0 radical (unpaired) electrons. The highest BCUT2D eigenvalue weighted by molar-refractivity contribution is 7.89. The summed E-state index contributed by atoms with van der Waals surface area (Å²) in [7, 11) is -3.94. The summed E-state index contributed by atoms with van der Waals surface area (Å²) in [5, 5.41) is 5.40. The fourth-order valence-electron chi connectivity index (χ4n) is 5.54. The average Bonchev–Trinajstić information content (AvgIpc) is 3.06. The quantitative estimate of drug-likeness (QED) is 0.151. The van der Waals surface area contributed by atoms with Crippen molar-refractivity contribution in [3.63, 3.8) is 0 Å². The van der Waals surface area contributed by atoms with E-state index in [1.54, 1.807) is 65.6 Å². The molecule has 1 fully saturated rings. The number of hydrogen-bond donors (Lipinski definition) is 2. The SMILES string of the molecule is NC(=NC(=O)Oc1ccc(F)cc1)c1cccc(CN(CC2CCCCC2)C(=O)Oc2ccc(-c3ccccc3S(N)(=O)=O)cc2)c1. The van der Waals surface area contributed by atoms with Gasteiger partial charge in [0.15, 0.2) is 0 Å². The van der Waals surface area contributed by atoms with Crippen LogP contribution in [0.2, 0.25) is 0 Å². The number of carbonyl (C=O) groups is 2. The zero-order valence-electron chi connectivity index (χ0n) is 25.5. The number of nitrogens with two attached hydrogens (primary N) is 2. The lowest BCUT2D eigenvalue weighted by Crippen LogP contribution is -2.37. The third kappa shape index (κ3) is 9.24. The molecule has 0 unspecified atom stereocenters. The van der Waals surface area contributed by atoms with Gasteiger partial charge in [0.1, 0.15) is 23.2 Å². The van der Waals surface area contributed by atoms with E-state index in [9.17, 15) is 22.4 Å². The van der Waals surface area contributed by atoms with Crippen molar-refractivity contribution in [2.45, 2.75) is 43.5 Å². The van der Waals surface area contributed by atoms with Crippen molar-refractivity contribution in [1.82, 2.24) is 4.90 Å². The topological polar surface area (TPSA) is 154 Å². The summed E-state index contributed by atoms with van der Waals surface area (Å²) < 4.78 is 48.2. The molecule has 0 aliphatic heterocycles. The Labute approximate surface area is 272 Å². The van der Waals surface area contributed by atoms with Gasteiger partial charge in [0.05, 0.1) is 4.90 Å². The van der Waals surface area contributed by atoms with Crippen LogP contribution in [0.15, 0.2) is 107 Å². The van der Waals surface area contributed by atoms with Crippen LogP contribution in [0.3, 0.4) is 0 Å². The van der Waals surface area contributed by atoms with Crippen molar-refractivity contribution in [2.24, 2.45) is 21.8 Å². The molecule has 1 aliphatic rings. The van der Waals surface area contributed by atoms with Crippen LogP contribution < -0.4 is 20.3 Å². The van der Waals surface area contributed by atoms with Crippen LogP contribution in [0.1, 0.15) is 43.2 Å². The number of sulfonamides is 1. The Kier molecular flexibility index (Phi) is 10.6. The van der Waals surface area contributed by atoms with Gasteiger partial charge in [0.2, 0.25) is 10.0 Å². The van der Waals surface area contributed by atoms with Crippen LogP contribution in [0.5, 0.6) is 11.5 Å². The van der Waals surface area contributed by atoms with E-state index in [4.69, 9.17) is 20.3 Å². The van der Waals surface area contributed by atoms with Crippen molar-refractivity contribution in [1.29, 1.82) is 0 Å². The summed E-state index contributed by atoms with van der Waals surface area (Å²) in [5.74, 6) is 0.202. The summed E-state index contributed by atoms with van der Waals surface area (Å²) in [6, 6.07) is 24.9. The Morgan fingerprint density at radius 2 is 1.51 bits per heavy atom. The van der Waals surface area contributed by atoms with Gasteiger partial charge >= 0.3 is 12.2 Å². The van der Waals surface area contributed by atoms with Gasteiger partial charge in [-0.25, -0.2) is 27.5 Å². The lowest BCUT2D eigenvalue weighted by molar-refractivity contribution is 0.134. The third-order valence-electron chi connectivity index (χ3n) is 7.85. The minimum absolute atomic E-state index is 0.00100. The monoisotopic (exact) mass is 658 g/mol. The number of hydrogen-bond acceptors (Lipinski definition) is 6. The summed E-state index contributed by atoms with van der Waals surface area (Å²) in [6.45, 7) is 0.715. The fraction of sp³-hybridized carbons (Fsp3) is 0.229. The number of halogens is 1. The van der Waals surface area contributed by atoms with E-state index in [2.05, 4.69) is 4.99 Å². The summed E-state index contributed by atoms with van der Waals surface area (Å²) in [4.78, 5) is 31.3. The normalized spacial score (nSPS) is 14.0. The Hall–Kier alpha value is -5.07. The zero-order valence-corrected chi connectivity index (χ0v) is 26.4.